The number of amides is 2. The molecule has 43 heavy (non-hydrogen) atoms. The second-order valence-electron chi connectivity index (χ2n) is 10.6. The zero-order valence-corrected chi connectivity index (χ0v) is 25.5. The molecule has 6 rings (SSSR count). The summed E-state index contributed by atoms with van der Waals surface area (Å²) >= 11 is 9.45. The smallest absolute Gasteiger partial charge is 0.339 e. The van der Waals surface area contributed by atoms with Crippen molar-refractivity contribution in [3.63, 3.8) is 0 Å². The van der Waals surface area contributed by atoms with Crippen molar-refractivity contribution >= 4 is 67.7 Å². The fraction of sp³-hybridized carbons (Fsp3) is 0.206. The summed E-state index contributed by atoms with van der Waals surface area (Å²) in [5.74, 6) is -1.98. The molecule has 0 spiro atoms. The number of benzene rings is 3. The van der Waals surface area contributed by atoms with Gasteiger partial charge in [0.1, 0.15) is 0 Å². The number of pyridine rings is 1. The van der Waals surface area contributed by atoms with E-state index >= 15 is 0 Å². The van der Waals surface area contributed by atoms with Crippen LogP contribution in [-0.2, 0) is 20.7 Å². The molecule has 0 bridgehead atoms. The minimum Gasteiger partial charge on any atom is -0.454 e. The van der Waals surface area contributed by atoms with E-state index in [2.05, 4.69) is 15.9 Å². The van der Waals surface area contributed by atoms with Gasteiger partial charge in [0, 0.05) is 26.0 Å². The maximum Gasteiger partial charge on any atom is 0.339 e. The highest BCUT2D eigenvalue weighted by atomic mass is 79.9. The van der Waals surface area contributed by atoms with Crippen LogP contribution in [0, 0.1) is 11.8 Å². The van der Waals surface area contributed by atoms with Crippen molar-refractivity contribution in [3.05, 3.63) is 105 Å². The maximum atomic E-state index is 13.4. The van der Waals surface area contributed by atoms with E-state index in [1.807, 2.05) is 31.2 Å². The number of esters is 1. The van der Waals surface area contributed by atoms with Crippen molar-refractivity contribution in [1.29, 1.82) is 0 Å². The number of anilines is 1. The van der Waals surface area contributed by atoms with Crippen LogP contribution in [0.5, 0.6) is 0 Å². The number of allylic oxidation sites excluding steroid dienone is 2. The summed E-state index contributed by atoms with van der Waals surface area (Å²) in [6.07, 6.45) is 5.74. The Bertz CT molecular complexity index is 1790. The third-order valence-electron chi connectivity index (χ3n) is 7.99. The predicted molar refractivity (Wildman–Crippen MR) is 168 cm³/mol. The molecule has 1 aromatic heterocycles. The first-order valence-electron chi connectivity index (χ1n) is 14.0. The third kappa shape index (κ3) is 5.53. The molecule has 1 aliphatic heterocycles. The summed E-state index contributed by atoms with van der Waals surface area (Å²) < 4.78 is 6.28. The summed E-state index contributed by atoms with van der Waals surface area (Å²) in [4.78, 5) is 58.4. The van der Waals surface area contributed by atoms with Gasteiger partial charge in [-0.25, -0.2) is 9.78 Å². The van der Waals surface area contributed by atoms with E-state index in [0.717, 1.165) is 10.0 Å². The number of nitrogens with zero attached hydrogens (tertiary/aromatic N) is 2. The van der Waals surface area contributed by atoms with Crippen LogP contribution < -0.4 is 4.90 Å². The average molecular weight is 658 g/mol. The summed E-state index contributed by atoms with van der Waals surface area (Å²) in [6, 6.07) is 18.8. The quantitative estimate of drug-likeness (QED) is 0.0892. The number of carbonyl (C=O) groups is 4. The molecule has 3 aromatic carbocycles. The lowest BCUT2D eigenvalue weighted by Gasteiger charge is -2.16. The van der Waals surface area contributed by atoms with Gasteiger partial charge in [0.15, 0.2) is 12.4 Å². The topological polar surface area (TPSA) is 93.6 Å². The van der Waals surface area contributed by atoms with E-state index in [-0.39, 0.29) is 35.0 Å². The summed E-state index contributed by atoms with van der Waals surface area (Å²) in [5, 5.41) is 1.10. The second-order valence-corrected chi connectivity index (χ2v) is 11.9. The molecule has 0 radical (unpaired) electrons. The molecular formula is C34H26BrClN2O5. The molecule has 1 saturated heterocycles. The number of hydrogen-bond donors (Lipinski definition) is 0. The molecule has 0 N–H and O–H groups in total. The number of hydrogen-bond acceptors (Lipinski definition) is 6. The van der Waals surface area contributed by atoms with Crippen LogP contribution >= 0.6 is 27.5 Å². The number of aromatic nitrogens is 1. The number of rotatable bonds is 7. The Morgan fingerprint density at radius 3 is 2.23 bits per heavy atom. The van der Waals surface area contributed by atoms with Crippen LogP contribution in [0.15, 0.2) is 83.4 Å². The zero-order valence-electron chi connectivity index (χ0n) is 23.2. The molecule has 2 aliphatic rings. The monoisotopic (exact) mass is 656 g/mol. The predicted octanol–water partition coefficient (Wildman–Crippen LogP) is 7.38. The molecule has 2 atom stereocenters. The standard InChI is InChI=1S/C34H26BrClN2O5/c1-2-19-15-22(35)16-27-28(34(42)43-18-30(39)21-7-11-23(36)12-8-21)17-29(37-31(19)27)20-9-13-24(14-10-20)38-32(40)25-5-3-4-6-26(25)33(38)41/h3-4,7-17,25-26H,2,5-6,18H2,1H3. The van der Waals surface area contributed by atoms with Gasteiger partial charge in [-0.1, -0.05) is 58.7 Å². The number of carbonyl (C=O) groups excluding carboxylic acids is 4. The number of ether oxygens (including phenoxy) is 1. The van der Waals surface area contributed by atoms with Crippen LogP contribution in [0.3, 0.4) is 0 Å². The molecular weight excluding hydrogens is 632 g/mol. The number of imide groups is 1. The SMILES string of the molecule is CCc1cc(Br)cc2c(C(=O)OCC(=O)c3ccc(Cl)cc3)cc(-c3ccc(N4C(=O)C5CC=CCC5C4=O)cc3)nc12. The van der Waals surface area contributed by atoms with Crippen molar-refractivity contribution in [1.82, 2.24) is 4.98 Å². The van der Waals surface area contributed by atoms with Crippen molar-refractivity contribution < 1.29 is 23.9 Å². The Morgan fingerprint density at radius 1 is 0.953 bits per heavy atom. The van der Waals surface area contributed by atoms with E-state index in [1.165, 1.54) is 4.90 Å². The van der Waals surface area contributed by atoms with Gasteiger partial charge in [-0.15, -0.1) is 0 Å². The minimum absolute atomic E-state index is 0.174. The van der Waals surface area contributed by atoms with Gasteiger partial charge < -0.3 is 4.74 Å². The number of aryl methyl sites for hydroxylation is 1. The summed E-state index contributed by atoms with van der Waals surface area (Å²) in [5.41, 5.74) is 3.95. The Balaban J connectivity index is 1.32. The average Bonchev–Trinajstić information content (AvgIpc) is 3.28. The minimum atomic E-state index is -0.655. The molecule has 1 aliphatic carbocycles. The number of Topliss-reactive ketones (excluding diaryl/α,β-unsaturated/α-hetero) is 1. The first-order chi connectivity index (χ1) is 20.7. The van der Waals surface area contributed by atoms with Gasteiger partial charge in [0.05, 0.1) is 34.3 Å². The molecule has 2 unspecified atom stereocenters. The summed E-state index contributed by atoms with van der Waals surface area (Å²) in [6.45, 7) is 1.57. The largest absolute Gasteiger partial charge is 0.454 e. The number of ketones is 1. The van der Waals surface area contributed by atoms with E-state index in [9.17, 15) is 19.2 Å². The Kier molecular flexibility index (Phi) is 7.99. The molecule has 2 heterocycles. The van der Waals surface area contributed by atoms with Crippen LogP contribution in [0.1, 0.15) is 46.0 Å². The van der Waals surface area contributed by atoms with Gasteiger partial charge >= 0.3 is 5.97 Å². The second kappa shape index (κ2) is 11.9. The normalized spacial score (nSPS) is 17.8. The Hall–Kier alpha value is -4.14. The van der Waals surface area contributed by atoms with Crippen molar-refractivity contribution in [3.8, 4) is 11.3 Å². The number of fused-ring (bicyclic) bond motifs is 2. The Morgan fingerprint density at radius 2 is 1.60 bits per heavy atom. The van der Waals surface area contributed by atoms with Gasteiger partial charge in [-0.2, -0.15) is 0 Å². The lowest BCUT2D eigenvalue weighted by Crippen LogP contribution is -2.30. The van der Waals surface area contributed by atoms with E-state index < -0.39 is 12.6 Å². The molecule has 9 heteroatoms. The molecule has 2 amide bonds. The molecule has 1 fully saturated rings. The lowest BCUT2D eigenvalue weighted by molar-refractivity contribution is -0.122. The first kappa shape index (κ1) is 29.0. The molecule has 4 aromatic rings. The highest BCUT2D eigenvalue weighted by Crippen LogP contribution is 2.38. The van der Waals surface area contributed by atoms with Crippen LogP contribution in [-0.4, -0.2) is 35.2 Å². The van der Waals surface area contributed by atoms with Gasteiger partial charge in [-0.3, -0.25) is 19.3 Å². The summed E-state index contributed by atoms with van der Waals surface area (Å²) in [7, 11) is 0. The Labute approximate surface area is 261 Å². The van der Waals surface area contributed by atoms with Gasteiger partial charge in [-0.05, 0) is 79.4 Å². The van der Waals surface area contributed by atoms with E-state index in [0.29, 0.717) is 57.7 Å². The molecule has 216 valence electrons. The maximum absolute atomic E-state index is 13.4. The van der Waals surface area contributed by atoms with E-state index in [1.54, 1.807) is 54.6 Å². The highest BCUT2D eigenvalue weighted by molar-refractivity contribution is 9.10. The van der Waals surface area contributed by atoms with Crippen molar-refractivity contribution in [2.24, 2.45) is 11.8 Å². The highest BCUT2D eigenvalue weighted by Gasteiger charge is 2.47. The van der Waals surface area contributed by atoms with Gasteiger partial charge in [0.2, 0.25) is 11.8 Å². The van der Waals surface area contributed by atoms with E-state index in [4.69, 9.17) is 21.3 Å². The molecule has 0 saturated carbocycles. The fourth-order valence-corrected chi connectivity index (χ4v) is 6.34. The van der Waals surface area contributed by atoms with Crippen LogP contribution in [0.4, 0.5) is 5.69 Å². The zero-order chi connectivity index (χ0) is 30.2. The fourth-order valence-electron chi connectivity index (χ4n) is 5.71. The lowest BCUT2D eigenvalue weighted by atomic mass is 9.85. The van der Waals surface area contributed by atoms with Crippen LogP contribution in [0.25, 0.3) is 22.2 Å². The van der Waals surface area contributed by atoms with Crippen molar-refractivity contribution in [2.45, 2.75) is 26.2 Å². The molecule has 7 nitrogen and oxygen atoms in total. The van der Waals surface area contributed by atoms with Gasteiger partial charge in [0.25, 0.3) is 0 Å². The van der Waals surface area contributed by atoms with Crippen LogP contribution in [0.2, 0.25) is 5.02 Å². The number of halogens is 2. The third-order valence-corrected chi connectivity index (χ3v) is 8.70. The van der Waals surface area contributed by atoms with Crippen molar-refractivity contribution in [2.75, 3.05) is 11.5 Å². The first-order valence-corrected chi connectivity index (χ1v) is 15.1.